The van der Waals surface area contributed by atoms with Crippen molar-refractivity contribution < 1.29 is 4.74 Å². The fourth-order valence-corrected chi connectivity index (χ4v) is 1.22. The maximum absolute atomic E-state index is 5.49. The number of hydrogen-bond acceptors (Lipinski definition) is 3. The largest absolute Gasteiger partial charge is 0.424 e. The van der Waals surface area contributed by atoms with Gasteiger partial charge in [-0.1, -0.05) is 31.6 Å². The van der Waals surface area contributed by atoms with Gasteiger partial charge < -0.3 is 4.74 Å². The van der Waals surface area contributed by atoms with Gasteiger partial charge in [-0.05, 0) is 31.6 Å². The smallest absolute Gasteiger partial charge is 0.321 e. The molecule has 0 aliphatic heterocycles. The number of rotatable bonds is 2. The van der Waals surface area contributed by atoms with Gasteiger partial charge >= 0.3 is 6.01 Å². The summed E-state index contributed by atoms with van der Waals surface area (Å²) in [5.74, 6) is 0.762. The van der Waals surface area contributed by atoms with E-state index >= 15 is 0 Å². The lowest BCUT2D eigenvalue weighted by Gasteiger charge is -2.01. The lowest BCUT2D eigenvalue weighted by atomic mass is 10.2. The third-order valence-electron chi connectivity index (χ3n) is 2.01. The summed E-state index contributed by atoms with van der Waals surface area (Å²) in [4.78, 5) is 7.99. The molecule has 0 fully saturated rings. The van der Waals surface area contributed by atoms with Gasteiger partial charge in [-0.3, -0.25) is 0 Å². The van der Waals surface area contributed by atoms with Crippen LogP contribution in [0.4, 0.5) is 0 Å². The zero-order chi connectivity index (χ0) is 12.5. The van der Waals surface area contributed by atoms with E-state index in [1.54, 1.807) is 18.5 Å². The van der Waals surface area contributed by atoms with E-state index in [2.05, 4.69) is 23.0 Å². The average Bonchev–Trinajstić information content (AvgIpc) is 2.58. The van der Waals surface area contributed by atoms with Crippen molar-refractivity contribution in [2.45, 2.75) is 27.2 Å². The third-order valence-corrected chi connectivity index (χ3v) is 2.01. The Hall–Kier alpha value is -1.90. The first-order valence-electron chi connectivity index (χ1n) is 5.83. The molecule has 1 heterocycles. The predicted octanol–water partition coefficient (Wildman–Crippen LogP) is 3.67. The van der Waals surface area contributed by atoms with E-state index in [4.69, 9.17) is 4.74 Å². The van der Waals surface area contributed by atoms with Crippen molar-refractivity contribution >= 4 is 0 Å². The van der Waals surface area contributed by atoms with Crippen molar-refractivity contribution in [3.05, 3.63) is 54.1 Å². The molecule has 0 radical (unpaired) electrons. The van der Waals surface area contributed by atoms with Crippen LogP contribution in [-0.4, -0.2) is 9.97 Å². The minimum Gasteiger partial charge on any atom is -0.424 e. The van der Waals surface area contributed by atoms with Gasteiger partial charge in [-0.25, -0.2) is 9.97 Å². The van der Waals surface area contributed by atoms with Crippen LogP contribution >= 0.6 is 0 Å². The molecule has 0 bridgehead atoms. The van der Waals surface area contributed by atoms with E-state index in [1.165, 1.54) is 5.57 Å². The Balaban J connectivity index is 0.000000686. The van der Waals surface area contributed by atoms with E-state index in [9.17, 15) is 0 Å². The van der Waals surface area contributed by atoms with Crippen LogP contribution in [0.15, 0.2) is 54.1 Å². The first-order chi connectivity index (χ1) is 8.34. The van der Waals surface area contributed by atoms with Crippen molar-refractivity contribution in [1.29, 1.82) is 0 Å². The highest BCUT2D eigenvalue weighted by atomic mass is 16.5. The summed E-state index contributed by atoms with van der Waals surface area (Å²) < 4.78 is 5.49. The Morgan fingerprint density at radius 2 is 1.82 bits per heavy atom. The van der Waals surface area contributed by atoms with E-state index in [0.717, 1.165) is 12.2 Å². The molecule has 2 rings (SSSR count). The molecule has 90 valence electrons. The van der Waals surface area contributed by atoms with Crippen LogP contribution in [0.3, 0.4) is 0 Å². The number of aromatic nitrogens is 2. The number of ether oxygens (including phenoxy) is 1. The molecule has 0 saturated heterocycles. The highest BCUT2D eigenvalue weighted by molar-refractivity contribution is 5.28. The van der Waals surface area contributed by atoms with Gasteiger partial charge in [0, 0.05) is 12.4 Å². The Morgan fingerprint density at radius 1 is 1.12 bits per heavy atom. The lowest BCUT2D eigenvalue weighted by Crippen LogP contribution is -1.95. The molecule has 0 atom stereocenters. The molecule has 1 aliphatic carbocycles. The summed E-state index contributed by atoms with van der Waals surface area (Å²) in [6.07, 6.45) is 12.2. The molecule has 0 amide bonds. The summed E-state index contributed by atoms with van der Waals surface area (Å²) in [5.41, 5.74) is 1.30. The normalized spacial score (nSPS) is 13.8. The zero-order valence-electron chi connectivity index (χ0n) is 10.6. The Morgan fingerprint density at radius 3 is 2.53 bits per heavy atom. The quantitative estimate of drug-likeness (QED) is 0.777. The molecular weight excluding hydrogens is 212 g/mol. The summed E-state index contributed by atoms with van der Waals surface area (Å²) in [5, 5.41) is 0. The van der Waals surface area contributed by atoms with Crippen LogP contribution in [0.5, 0.6) is 6.01 Å². The van der Waals surface area contributed by atoms with Gasteiger partial charge in [0.2, 0.25) is 0 Å². The fraction of sp³-hybridized carbons (Fsp3) is 0.286. The van der Waals surface area contributed by atoms with Crippen LogP contribution in [0.2, 0.25) is 0 Å². The van der Waals surface area contributed by atoms with Crippen LogP contribution < -0.4 is 4.74 Å². The maximum Gasteiger partial charge on any atom is 0.321 e. The van der Waals surface area contributed by atoms with Crippen molar-refractivity contribution in [3.8, 4) is 6.01 Å². The van der Waals surface area contributed by atoms with Gasteiger partial charge in [0.25, 0.3) is 0 Å². The highest BCUT2D eigenvalue weighted by Gasteiger charge is 2.00. The Kier molecular flexibility index (Phi) is 5.72. The molecule has 1 aromatic heterocycles. The van der Waals surface area contributed by atoms with Crippen LogP contribution in [0.1, 0.15) is 27.2 Å². The maximum atomic E-state index is 5.49. The number of allylic oxidation sites excluding steroid dienone is 5. The molecular formula is C14H18N2O. The van der Waals surface area contributed by atoms with Gasteiger partial charge in [0.1, 0.15) is 5.76 Å². The molecule has 0 saturated carbocycles. The van der Waals surface area contributed by atoms with Gasteiger partial charge in [0.05, 0.1) is 0 Å². The van der Waals surface area contributed by atoms with Crippen LogP contribution in [0.25, 0.3) is 0 Å². The van der Waals surface area contributed by atoms with Crippen molar-refractivity contribution in [3.63, 3.8) is 0 Å². The monoisotopic (exact) mass is 230 g/mol. The summed E-state index contributed by atoms with van der Waals surface area (Å²) >= 11 is 0. The average molecular weight is 230 g/mol. The summed E-state index contributed by atoms with van der Waals surface area (Å²) in [6.45, 7) is 6.09. The molecule has 1 aromatic rings. The second-order valence-electron chi connectivity index (χ2n) is 3.32. The van der Waals surface area contributed by atoms with Gasteiger partial charge in [-0.15, -0.1) is 0 Å². The summed E-state index contributed by atoms with van der Waals surface area (Å²) in [6, 6.07) is 2.13. The molecule has 1 aliphatic rings. The van der Waals surface area contributed by atoms with E-state index in [-0.39, 0.29) is 0 Å². The van der Waals surface area contributed by atoms with Crippen molar-refractivity contribution in [2.24, 2.45) is 0 Å². The number of hydrogen-bond donors (Lipinski definition) is 0. The topological polar surface area (TPSA) is 35.0 Å². The lowest BCUT2D eigenvalue weighted by molar-refractivity contribution is 0.407. The number of nitrogens with zero attached hydrogens (tertiary/aromatic N) is 2. The highest BCUT2D eigenvalue weighted by Crippen LogP contribution is 2.12. The summed E-state index contributed by atoms with van der Waals surface area (Å²) in [7, 11) is 0. The van der Waals surface area contributed by atoms with Crippen LogP contribution in [-0.2, 0) is 0 Å². The molecule has 0 unspecified atom stereocenters. The van der Waals surface area contributed by atoms with E-state index < -0.39 is 0 Å². The molecule has 0 N–H and O–H groups in total. The fourth-order valence-electron chi connectivity index (χ4n) is 1.22. The van der Waals surface area contributed by atoms with Gasteiger partial charge in [-0.2, -0.15) is 0 Å². The molecule has 3 heteroatoms. The molecule has 0 aromatic carbocycles. The van der Waals surface area contributed by atoms with Crippen molar-refractivity contribution in [1.82, 2.24) is 9.97 Å². The first kappa shape index (κ1) is 13.2. The Bertz CT molecular complexity index is 419. The van der Waals surface area contributed by atoms with Crippen molar-refractivity contribution in [2.75, 3.05) is 0 Å². The van der Waals surface area contributed by atoms with Crippen LogP contribution in [0, 0.1) is 0 Å². The SMILES string of the molecule is CC.CC1=CC=C(Oc2ncccn2)C=CC1. The molecule has 17 heavy (non-hydrogen) atoms. The Labute approximate surface area is 103 Å². The second-order valence-corrected chi connectivity index (χ2v) is 3.32. The zero-order valence-corrected chi connectivity index (χ0v) is 10.6. The molecule has 0 spiro atoms. The van der Waals surface area contributed by atoms with Gasteiger partial charge in [0.15, 0.2) is 0 Å². The standard InChI is InChI=1S/C12H12N2O.C2H6/c1-10-4-2-5-11(7-6-10)15-12-13-8-3-9-14-12;1-2/h2-3,5-9H,4H2,1H3;1-2H3. The van der Waals surface area contributed by atoms with E-state index in [0.29, 0.717) is 6.01 Å². The second kappa shape index (κ2) is 7.39. The third kappa shape index (κ3) is 4.64. The minimum absolute atomic E-state index is 0.376. The van der Waals surface area contributed by atoms with E-state index in [1.807, 2.05) is 32.1 Å². The minimum atomic E-state index is 0.376. The molecule has 3 nitrogen and oxygen atoms in total. The predicted molar refractivity (Wildman–Crippen MR) is 69.6 cm³/mol. The first-order valence-corrected chi connectivity index (χ1v) is 5.83.